The summed E-state index contributed by atoms with van der Waals surface area (Å²) in [6, 6.07) is -0.922. The molecule has 0 fully saturated rings. The molecule has 1 amide bonds. The van der Waals surface area contributed by atoms with Gasteiger partial charge in [0.05, 0.1) is 39.9 Å². The van der Waals surface area contributed by atoms with Crippen LogP contribution in [0.5, 0.6) is 0 Å². The fraction of sp³-hybridized carbons (Fsp3) is 0.716. The Bertz CT molecular complexity index is 1930. The van der Waals surface area contributed by atoms with E-state index in [0.717, 1.165) is 96.3 Å². The van der Waals surface area contributed by atoms with Gasteiger partial charge in [0.1, 0.15) is 13.2 Å². The molecule has 0 aromatic heterocycles. The summed E-state index contributed by atoms with van der Waals surface area (Å²) in [7, 11) is 1.23. The first kappa shape index (κ1) is 86.6. The number of nitrogens with one attached hydrogen (secondary N) is 1. The number of unbranched alkanes of at least 4 members (excludes halogenated alkanes) is 35. The van der Waals surface area contributed by atoms with E-state index in [0.29, 0.717) is 17.4 Å². The quantitative estimate of drug-likeness (QED) is 0.0272. The topological polar surface area (TPSA) is 108 Å². The molecular weight excluding hydrogens is 1130 g/mol. The molecule has 0 aliphatic rings. The third kappa shape index (κ3) is 72.1. The van der Waals surface area contributed by atoms with E-state index in [9.17, 15) is 19.4 Å². The maximum absolute atomic E-state index is 13.1. The number of quaternary nitrogens is 1. The monoisotopic (exact) mass is 1270 g/mol. The van der Waals surface area contributed by atoms with Crippen molar-refractivity contribution >= 4 is 13.7 Å². The lowest BCUT2D eigenvalue weighted by molar-refractivity contribution is -0.870. The Labute approximate surface area is 557 Å². The number of likely N-dealkylation sites (N-methyl/N-ethyl adjacent to an activating group) is 1. The number of aliphatic hydroxyl groups is 1. The molecule has 0 saturated heterocycles. The first-order valence-corrected chi connectivity index (χ1v) is 39.0. The minimum atomic E-state index is -4.63. The van der Waals surface area contributed by atoms with Gasteiger partial charge >= 0.3 is 0 Å². The van der Waals surface area contributed by atoms with Crippen molar-refractivity contribution in [1.29, 1.82) is 0 Å². The number of phosphoric acid groups is 1. The third-order valence-corrected chi connectivity index (χ3v) is 17.3. The molecule has 0 rings (SSSR count). The van der Waals surface area contributed by atoms with Crippen LogP contribution >= 0.6 is 7.82 Å². The van der Waals surface area contributed by atoms with Crippen LogP contribution in [0.25, 0.3) is 0 Å². The average Bonchev–Trinajstić information content (AvgIpc) is 3.18. The summed E-state index contributed by atoms with van der Waals surface area (Å²) >= 11 is 0. The number of carbonyl (C=O) groups excluding carboxylic acids is 1. The largest absolute Gasteiger partial charge is 0.756 e. The molecule has 2 N–H and O–H groups in total. The van der Waals surface area contributed by atoms with E-state index in [1.807, 2.05) is 27.2 Å². The van der Waals surface area contributed by atoms with Gasteiger partial charge in [0.2, 0.25) is 5.91 Å². The van der Waals surface area contributed by atoms with E-state index >= 15 is 0 Å². The maximum Gasteiger partial charge on any atom is 0.268 e. The highest BCUT2D eigenvalue weighted by molar-refractivity contribution is 7.45. The highest BCUT2D eigenvalue weighted by Gasteiger charge is 2.23. The van der Waals surface area contributed by atoms with Crippen molar-refractivity contribution in [3.05, 3.63) is 134 Å². The van der Waals surface area contributed by atoms with Crippen molar-refractivity contribution in [3.63, 3.8) is 0 Å². The van der Waals surface area contributed by atoms with Gasteiger partial charge < -0.3 is 28.8 Å². The highest BCUT2D eigenvalue weighted by atomic mass is 31.2. The lowest BCUT2D eigenvalue weighted by Crippen LogP contribution is -2.45. The molecule has 0 radical (unpaired) electrons. The zero-order valence-corrected chi connectivity index (χ0v) is 60.2. The minimum absolute atomic E-state index is 0.0148. The van der Waals surface area contributed by atoms with Crippen molar-refractivity contribution in [2.75, 3.05) is 40.9 Å². The first-order chi connectivity index (χ1) is 44.0. The number of hydrogen-bond acceptors (Lipinski definition) is 6. The van der Waals surface area contributed by atoms with Crippen molar-refractivity contribution in [3.8, 4) is 0 Å². The molecule has 518 valence electrons. The van der Waals surface area contributed by atoms with E-state index in [2.05, 4.69) is 141 Å². The summed E-state index contributed by atoms with van der Waals surface area (Å²) in [4.78, 5) is 25.7. The number of allylic oxidation sites excluding steroid dienone is 21. The SMILES string of the molecule is CC/C=C\C/C=C\C/C=C\C/C=C\C/C=C\C/C=C\C/C=C\C/C=C\CCCCCCCCCCCCCCC(=O)NC(COP(=O)([O-])OCC[N+](C)(C)C)C(O)/C=C/CC/C=C/CC/C=C/CCCCCCCCCCCCCCCCCCCCCCC. The zero-order valence-electron chi connectivity index (χ0n) is 59.3. The van der Waals surface area contributed by atoms with Gasteiger partial charge in [-0.15, -0.1) is 0 Å². The van der Waals surface area contributed by atoms with Crippen molar-refractivity contribution in [2.45, 2.75) is 334 Å². The van der Waals surface area contributed by atoms with E-state index in [1.54, 1.807) is 6.08 Å². The number of hydrogen-bond donors (Lipinski definition) is 2. The molecule has 0 bridgehead atoms. The second-order valence-corrected chi connectivity index (χ2v) is 27.7. The fourth-order valence-electron chi connectivity index (χ4n) is 10.6. The molecule has 0 spiro atoms. The van der Waals surface area contributed by atoms with Crippen molar-refractivity contribution in [2.24, 2.45) is 0 Å². The van der Waals surface area contributed by atoms with Crippen LogP contribution in [-0.2, 0) is 18.4 Å². The Kier molecular flexibility index (Phi) is 67.4. The molecule has 90 heavy (non-hydrogen) atoms. The predicted octanol–water partition coefficient (Wildman–Crippen LogP) is 23.9. The molecule has 3 unspecified atom stereocenters. The van der Waals surface area contributed by atoms with Crippen molar-refractivity contribution in [1.82, 2.24) is 5.32 Å². The van der Waals surface area contributed by atoms with Gasteiger partial charge in [-0.3, -0.25) is 9.36 Å². The van der Waals surface area contributed by atoms with Gasteiger partial charge in [-0.25, -0.2) is 0 Å². The molecule has 9 heteroatoms. The van der Waals surface area contributed by atoms with Crippen LogP contribution < -0.4 is 10.2 Å². The maximum atomic E-state index is 13.1. The summed E-state index contributed by atoms with van der Waals surface area (Å²) < 4.78 is 23.5. The molecule has 0 aliphatic carbocycles. The second-order valence-electron chi connectivity index (χ2n) is 26.3. The van der Waals surface area contributed by atoms with Gasteiger partial charge in [-0.1, -0.05) is 340 Å². The Hall–Kier alpha value is -3.36. The number of carbonyl (C=O) groups is 1. The Morgan fingerprint density at radius 1 is 0.400 bits per heavy atom. The second kappa shape index (κ2) is 70.0. The van der Waals surface area contributed by atoms with Crippen LogP contribution in [0, 0.1) is 0 Å². The summed E-state index contributed by atoms with van der Waals surface area (Å²) in [5.74, 6) is -0.216. The minimum Gasteiger partial charge on any atom is -0.756 e. The number of rotatable bonds is 68. The first-order valence-electron chi connectivity index (χ1n) is 37.5. The van der Waals surface area contributed by atoms with Crippen molar-refractivity contribution < 1.29 is 32.9 Å². The number of phosphoric ester groups is 1. The summed E-state index contributed by atoms with van der Waals surface area (Å²) in [6.07, 6.45) is 106. The normalized spacial score (nSPS) is 14.3. The molecule has 3 atom stereocenters. The van der Waals surface area contributed by atoms with Crippen LogP contribution in [0.3, 0.4) is 0 Å². The van der Waals surface area contributed by atoms with Gasteiger partial charge in [-0.2, -0.15) is 0 Å². The van der Waals surface area contributed by atoms with E-state index in [4.69, 9.17) is 9.05 Å². The molecule has 0 saturated carbocycles. The summed E-state index contributed by atoms with van der Waals surface area (Å²) in [6.45, 7) is 4.53. The Morgan fingerprint density at radius 3 is 1.03 bits per heavy atom. The fourth-order valence-corrected chi connectivity index (χ4v) is 11.3. The zero-order chi connectivity index (χ0) is 65.5. The smallest absolute Gasteiger partial charge is 0.268 e. The van der Waals surface area contributed by atoms with E-state index < -0.39 is 26.6 Å². The molecule has 0 aliphatic heterocycles. The van der Waals surface area contributed by atoms with E-state index in [1.165, 1.54) is 205 Å². The standard InChI is InChI=1S/C81H143N2O6P/c1-6-8-10-12-14-16-18-20-22-24-26-28-30-32-34-36-38-39-40-41-42-43-45-47-49-51-53-55-57-59-61-63-65-67-69-71-73-75-81(85)82-79(78-89-90(86,87)88-77-76-83(3,4)5)80(84)74-72-70-68-66-64-62-60-58-56-54-52-50-48-46-44-37-35-33-31-29-27-25-23-21-19-17-15-13-11-9-7-2/h8,10,14,16,20,22,26,28,32,34,38-39,41-42,45,47,56,58,64,66,72,74,79-80,84H,6-7,9,11-13,15,17-19,21,23-25,27,29-31,33,35-37,40,43-44,46,48-55,57,59-63,65,67-71,73,75-78H2,1-5H3,(H-,82,85,86,87)/b10-8-,16-14-,22-20-,28-26-,34-32-,39-38-,42-41-,47-45-,58-56+,66-64+,74-72+. The van der Waals surface area contributed by atoms with Crippen LogP contribution in [-0.4, -0.2) is 68.5 Å². The van der Waals surface area contributed by atoms with Gasteiger partial charge in [0, 0.05) is 6.42 Å². The van der Waals surface area contributed by atoms with Crippen LogP contribution in [0.2, 0.25) is 0 Å². The Morgan fingerprint density at radius 2 is 0.689 bits per heavy atom. The lowest BCUT2D eigenvalue weighted by Gasteiger charge is -2.29. The molecule has 0 aromatic carbocycles. The highest BCUT2D eigenvalue weighted by Crippen LogP contribution is 2.38. The average molecular weight is 1270 g/mol. The summed E-state index contributed by atoms with van der Waals surface area (Å²) in [5, 5.41) is 14.0. The van der Waals surface area contributed by atoms with Gasteiger partial charge in [0.15, 0.2) is 0 Å². The van der Waals surface area contributed by atoms with Crippen LogP contribution in [0.1, 0.15) is 322 Å². The predicted molar refractivity (Wildman–Crippen MR) is 394 cm³/mol. The van der Waals surface area contributed by atoms with Crippen LogP contribution in [0.15, 0.2) is 134 Å². The molecular formula is C81H143N2O6P. The number of amides is 1. The molecule has 0 aromatic rings. The molecule has 8 nitrogen and oxygen atoms in total. The van der Waals surface area contributed by atoms with Crippen LogP contribution in [0.4, 0.5) is 0 Å². The van der Waals surface area contributed by atoms with E-state index in [-0.39, 0.29) is 12.5 Å². The summed E-state index contributed by atoms with van der Waals surface area (Å²) in [5.41, 5.74) is 0. The Balaban J connectivity index is 4.13. The number of aliphatic hydroxyl groups excluding tert-OH is 1. The van der Waals surface area contributed by atoms with Gasteiger partial charge in [0.25, 0.3) is 7.82 Å². The third-order valence-electron chi connectivity index (χ3n) is 16.3. The van der Waals surface area contributed by atoms with Gasteiger partial charge in [-0.05, 0) is 109 Å². The lowest BCUT2D eigenvalue weighted by atomic mass is 10.0. The molecule has 0 heterocycles. The number of nitrogens with zero attached hydrogens (tertiary/aromatic N) is 1.